The molecule has 0 fully saturated rings. The molecular weight excluding hydrogens is 326 g/mol. The number of anilines is 1. The fourth-order valence-corrected chi connectivity index (χ4v) is 2.59. The molecule has 0 unspecified atom stereocenters. The lowest BCUT2D eigenvalue weighted by Crippen LogP contribution is -2.11. The Bertz CT molecular complexity index is 809. The first-order valence-electron chi connectivity index (χ1n) is 8.58. The third kappa shape index (κ3) is 4.99. The largest absolute Gasteiger partial charge is 0.493 e. The van der Waals surface area contributed by atoms with Crippen LogP contribution in [0.25, 0.3) is 6.08 Å². The van der Waals surface area contributed by atoms with Crippen LogP contribution in [0.5, 0.6) is 11.5 Å². The smallest absolute Gasteiger partial charge is 0.248 e. The number of hydrogen-bond acceptors (Lipinski definition) is 3. The molecule has 0 spiro atoms. The van der Waals surface area contributed by atoms with Crippen LogP contribution in [0, 0.1) is 6.92 Å². The maximum atomic E-state index is 12.3. The summed E-state index contributed by atoms with van der Waals surface area (Å²) >= 11 is 0. The predicted molar refractivity (Wildman–Crippen MR) is 107 cm³/mol. The quantitative estimate of drug-likeness (QED) is 0.550. The van der Waals surface area contributed by atoms with Crippen molar-refractivity contribution in [3.8, 4) is 11.5 Å². The average Bonchev–Trinajstić information content (AvgIpc) is 2.66. The van der Waals surface area contributed by atoms with Gasteiger partial charge in [-0.15, -0.1) is 0 Å². The van der Waals surface area contributed by atoms with Crippen LogP contribution in [0.4, 0.5) is 5.69 Å². The number of aryl methyl sites for hydroxylation is 2. The molecule has 0 bridgehead atoms. The van der Waals surface area contributed by atoms with Gasteiger partial charge in [0.2, 0.25) is 5.91 Å². The van der Waals surface area contributed by atoms with E-state index in [0.717, 1.165) is 28.8 Å². The SMILES string of the molecule is C=CCOc1ccc(/C=C/C(=O)Nc2c(C)cccc2CC)cc1OC. The molecule has 2 aromatic rings. The molecule has 4 heteroatoms. The molecule has 136 valence electrons. The van der Waals surface area contributed by atoms with Crippen molar-refractivity contribution in [2.75, 3.05) is 19.0 Å². The van der Waals surface area contributed by atoms with E-state index in [-0.39, 0.29) is 5.91 Å². The van der Waals surface area contributed by atoms with Crippen molar-refractivity contribution in [1.29, 1.82) is 0 Å². The van der Waals surface area contributed by atoms with Gasteiger partial charge in [-0.25, -0.2) is 0 Å². The molecule has 26 heavy (non-hydrogen) atoms. The maximum absolute atomic E-state index is 12.3. The third-order valence-corrected chi connectivity index (χ3v) is 3.96. The van der Waals surface area contributed by atoms with Gasteiger partial charge in [0, 0.05) is 11.8 Å². The van der Waals surface area contributed by atoms with Crippen molar-refractivity contribution in [3.63, 3.8) is 0 Å². The summed E-state index contributed by atoms with van der Waals surface area (Å²) < 4.78 is 10.9. The van der Waals surface area contributed by atoms with Crippen LogP contribution in [0.3, 0.4) is 0 Å². The number of para-hydroxylation sites is 1. The second kappa shape index (κ2) is 9.47. The summed E-state index contributed by atoms with van der Waals surface area (Å²) in [5, 5.41) is 2.98. The number of rotatable bonds is 8. The number of methoxy groups -OCH3 is 1. The lowest BCUT2D eigenvalue weighted by molar-refractivity contribution is -0.111. The highest BCUT2D eigenvalue weighted by Gasteiger charge is 2.07. The summed E-state index contributed by atoms with van der Waals surface area (Å²) in [6, 6.07) is 11.5. The van der Waals surface area contributed by atoms with E-state index >= 15 is 0 Å². The number of carbonyl (C=O) groups excluding carboxylic acids is 1. The van der Waals surface area contributed by atoms with Crippen LogP contribution in [0.2, 0.25) is 0 Å². The molecule has 0 saturated heterocycles. The van der Waals surface area contributed by atoms with Gasteiger partial charge < -0.3 is 14.8 Å². The number of nitrogens with one attached hydrogen (secondary N) is 1. The van der Waals surface area contributed by atoms with Gasteiger partial charge in [-0.1, -0.05) is 43.8 Å². The molecule has 0 saturated carbocycles. The zero-order valence-electron chi connectivity index (χ0n) is 15.5. The van der Waals surface area contributed by atoms with Crippen molar-refractivity contribution in [3.05, 3.63) is 71.8 Å². The van der Waals surface area contributed by atoms with Gasteiger partial charge in [0.25, 0.3) is 0 Å². The maximum Gasteiger partial charge on any atom is 0.248 e. The normalized spacial score (nSPS) is 10.6. The van der Waals surface area contributed by atoms with Gasteiger partial charge in [-0.05, 0) is 48.2 Å². The van der Waals surface area contributed by atoms with Crippen LogP contribution in [0.15, 0.2) is 55.1 Å². The first-order valence-corrected chi connectivity index (χ1v) is 8.58. The van der Waals surface area contributed by atoms with Gasteiger partial charge >= 0.3 is 0 Å². The Balaban J connectivity index is 2.12. The topological polar surface area (TPSA) is 47.6 Å². The van der Waals surface area contributed by atoms with Gasteiger partial charge in [0.1, 0.15) is 6.61 Å². The molecule has 0 aromatic heterocycles. The zero-order chi connectivity index (χ0) is 18.9. The second-order valence-corrected chi connectivity index (χ2v) is 5.80. The predicted octanol–water partition coefficient (Wildman–Crippen LogP) is 4.78. The molecule has 2 rings (SSSR count). The summed E-state index contributed by atoms with van der Waals surface area (Å²) in [6.45, 7) is 8.10. The van der Waals surface area contributed by atoms with Crippen molar-refractivity contribution < 1.29 is 14.3 Å². The number of ether oxygens (including phenoxy) is 2. The Morgan fingerprint density at radius 1 is 1.23 bits per heavy atom. The van der Waals surface area contributed by atoms with Gasteiger partial charge in [0.15, 0.2) is 11.5 Å². The third-order valence-electron chi connectivity index (χ3n) is 3.96. The van der Waals surface area contributed by atoms with Crippen molar-refractivity contribution in [2.24, 2.45) is 0 Å². The molecule has 0 atom stereocenters. The van der Waals surface area contributed by atoms with E-state index in [9.17, 15) is 4.79 Å². The van der Waals surface area contributed by atoms with Gasteiger partial charge in [-0.3, -0.25) is 4.79 Å². The Kier molecular flexibility index (Phi) is 7.03. The van der Waals surface area contributed by atoms with Crippen LogP contribution in [-0.2, 0) is 11.2 Å². The number of hydrogen-bond donors (Lipinski definition) is 1. The molecule has 0 aliphatic heterocycles. The summed E-state index contributed by atoms with van der Waals surface area (Å²) in [4.78, 5) is 12.3. The van der Waals surface area contributed by atoms with Crippen LogP contribution in [0.1, 0.15) is 23.6 Å². The number of amides is 1. The van der Waals surface area contributed by atoms with E-state index in [4.69, 9.17) is 9.47 Å². The Morgan fingerprint density at radius 3 is 2.73 bits per heavy atom. The molecule has 1 amide bonds. The van der Waals surface area contributed by atoms with Gasteiger partial charge in [-0.2, -0.15) is 0 Å². The monoisotopic (exact) mass is 351 g/mol. The molecule has 0 aliphatic rings. The molecule has 4 nitrogen and oxygen atoms in total. The molecular formula is C22H25NO3. The molecule has 1 N–H and O–H groups in total. The fourth-order valence-electron chi connectivity index (χ4n) is 2.59. The minimum Gasteiger partial charge on any atom is -0.493 e. The molecule has 0 heterocycles. The van der Waals surface area contributed by atoms with E-state index in [1.54, 1.807) is 19.3 Å². The van der Waals surface area contributed by atoms with Crippen LogP contribution in [-0.4, -0.2) is 19.6 Å². The highest BCUT2D eigenvalue weighted by atomic mass is 16.5. The lowest BCUT2D eigenvalue weighted by atomic mass is 10.1. The number of carbonyl (C=O) groups is 1. The Hall–Kier alpha value is -3.01. The molecule has 0 aliphatic carbocycles. The second-order valence-electron chi connectivity index (χ2n) is 5.80. The van der Waals surface area contributed by atoms with E-state index in [1.807, 2.05) is 43.3 Å². The molecule has 0 radical (unpaired) electrons. The van der Waals surface area contributed by atoms with Crippen LogP contribution >= 0.6 is 0 Å². The van der Waals surface area contributed by atoms with Crippen molar-refractivity contribution >= 4 is 17.7 Å². The highest BCUT2D eigenvalue weighted by Crippen LogP contribution is 2.28. The van der Waals surface area contributed by atoms with Crippen molar-refractivity contribution in [1.82, 2.24) is 0 Å². The minimum absolute atomic E-state index is 0.167. The summed E-state index contributed by atoms with van der Waals surface area (Å²) in [5.74, 6) is 1.09. The Labute approximate surface area is 155 Å². The van der Waals surface area contributed by atoms with Gasteiger partial charge in [0.05, 0.1) is 7.11 Å². The van der Waals surface area contributed by atoms with E-state index < -0.39 is 0 Å². The lowest BCUT2D eigenvalue weighted by Gasteiger charge is -2.11. The first kappa shape index (κ1) is 19.3. The average molecular weight is 351 g/mol. The molecule has 2 aromatic carbocycles. The summed E-state index contributed by atoms with van der Waals surface area (Å²) in [5.41, 5.74) is 3.91. The minimum atomic E-state index is -0.167. The zero-order valence-corrected chi connectivity index (χ0v) is 15.5. The van der Waals surface area contributed by atoms with Crippen molar-refractivity contribution in [2.45, 2.75) is 20.3 Å². The Morgan fingerprint density at radius 2 is 2.04 bits per heavy atom. The van der Waals surface area contributed by atoms with Crippen LogP contribution < -0.4 is 14.8 Å². The number of benzene rings is 2. The summed E-state index contributed by atoms with van der Waals surface area (Å²) in [7, 11) is 1.58. The van der Waals surface area contributed by atoms with E-state index in [0.29, 0.717) is 18.1 Å². The first-order chi connectivity index (χ1) is 12.6. The standard InChI is InChI=1S/C22H25NO3/c1-5-14-26-19-12-10-17(15-20(19)25-4)11-13-21(24)23-22-16(3)8-7-9-18(22)6-2/h5,7-13,15H,1,6,14H2,2-4H3,(H,23,24)/b13-11+. The van der Waals surface area contributed by atoms with E-state index in [2.05, 4.69) is 18.8 Å². The summed E-state index contributed by atoms with van der Waals surface area (Å²) in [6.07, 6.45) is 5.81. The fraction of sp³-hybridized carbons (Fsp3) is 0.227. The highest BCUT2D eigenvalue weighted by molar-refractivity contribution is 6.02. The van der Waals surface area contributed by atoms with E-state index in [1.165, 1.54) is 6.08 Å².